The molecule has 0 saturated heterocycles. The van der Waals surface area contributed by atoms with Gasteiger partial charge in [-0.05, 0) is 76.7 Å². The Morgan fingerprint density at radius 2 is 0.762 bits per heavy atom. The minimum atomic E-state index is -4.71. The first-order valence-electron chi connectivity index (χ1n) is 35.7. The highest BCUT2D eigenvalue weighted by Gasteiger charge is 2.27. The fourth-order valence-electron chi connectivity index (χ4n) is 10.4. The van der Waals surface area contributed by atoms with E-state index >= 15 is 0 Å². The predicted octanol–water partition coefficient (Wildman–Crippen LogP) is 22.1. The van der Waals surface area contributed by atoms with E-state index in [1.165, 1.54) is 193 Å². The molecule has 3 unspecified atom stereocenters. The Morgan fingerprint density at radius 1 is 0.429 bits per heavy atom. The third kappa shape index (κ3) is 63.9. The van der Waals surface area contributed by atoms with Gasteiger partial charge in [-0.15, -0.1) is 0 Å². The molecule has 9 nitrogen and oxygen atoms in total. The summed E-state index contributed by atoms with van der Waals surface area (Å²) in [7, 11) is 1.18. The fraction of sp³-hybridized carbons (Fsp3) is 0.811. The Bertz CT molecular complexity index is 1670. The van der Waals surface area contributed by atoms with Gasteiger partial charge < -0.3 is 28.5 Å². The molecule has 84 heavy (non-hydrogen) atoms. The summed E-state index contributed by atoms with van der Waals surface area (Å²) in [5, 5.41) is 3.04. The molecule has 10 heteroatoms. The second-order valence-corrected chi connectivity index (χ2v) is 26.8. The van der Waals surface area contributed by atoms with Crippen molar-refractivity contribution in [3.8, 4) is 0 Å². The molecular weight excluding hydrogens is 1060 g/mol. The lowest BCUT2D eigenvalue weighted by molar-refractivity contribution is -0.870. The number of nitrogens with zero attached hydrogens (tertiary/aromatic N) is 1. The number of esters is 1. The van der Waals surface area contributed by atoms with Crippen molar-refractivity contribution in [1.29, 1.82) is 0 Å². The van der Waals surface area contributed by atoms with Crippen LogP contribution in [0, 0.1) is 0 Å². The number of quaternary nitrogens is 1. The first-order chi connectivity index (χ1) is 40.9. The topological polar surface area (TPSA) is 114 Å². The second-order valence-electron chi connectivity index (χ2n) is 25.4. The quantitative estimate of drug-likeness (QED) is 0.0212. The molecule has 0 spiro atoms. The average Bonchev–Trinajstić information content (AvgIpc) is 3.65. The number of hydrogen-bond acceptors (Lipinski definition) is 7. The smallest absolute Gasteiger partial charge is 0.306 e. The van der Waals surface area contributed by atoms with Gasteiger partial charge in [0.2, 0.25) is 5.91 Å². The van der Waals surface area contributed by atoms with Gasteiger partial charge in [-0.25, -0.2) is 0 Å². The Kier molecular flexibility index (Phi) is 61.5. The Hall–Kier alpha value is -2.55. The van der Waals surface area contributed by atoms with E-state index < -0.39 is 26.6 Å². The third-order valence-corrected chi connectivity index (χ3v) is 16.9. The van der Waals surface area contributed by atoms with E-state index in [0.29, 0.717) is 23.9 Å². The van der Waals surface area contributed by atoms with E-state index in [1.807, 2.05) is 33.3 Å². The van der Waals surface area contributed by atoms with Gasteiger partial charge in [0.15, 0.2) is 0 Å². The van der Waals surface area contributed by atoms with Crippen molar-refractivity contribution in [2.24, 2.45) is 0 Å². The van der Waals surface area contributed by atoms with Gasteiger partial charge in [-0.2, -0.15) is 0 Å². The summed E-state index contributed by atoms with van der Waals surface area (Å²) < 4.78 is 30.4. The van der Waals surface area contributed by atoms with Crippen molar-refractivity contribution in [3.05, 3.63) is 72.9 Å². The fourth-order valence-corrected chi connectivity index (χ4v) is 11.2. The number of phosphoric ester groups is 1. The second kappa shape index (κ2) is 63.5. The highest BCUT2D eigenvalue weighted by Crippen LogP contribution is 2.38. The van der Waals surface area contributed by atoms with Gasteiger partial charge in [-0.3, -0.25) is 14.2 Å². The van der Waals surface area contributed by atoms with Crippen LogP contribution in [0.3, 0.4) is 0 Å². The maximum atomic E-state index is 13.6. The summed E-state index contributed by atoms with van der Waals surface area (Å²) in [5.41, 5.74) is 0. The number of likely N-dealkylation sites (N-methyl/N-ethyl adjacent to an activating group) is 1. The van der Waals surface area contributed by atoms with E-state index in [0.717, 1.165) is 103 Å². The molecule has 1 amide bonds. The molecule has 3 atom stereocenters. The highest BCUT2D eigenvalue weighted by molar-refractivity contribution is 7.45. The molecule has 0 fully saturated rings. The number of ether oxygens (including phenoxy) is 1. The van der Waals surface area contributed by atoms with E-state index in [9.17, 15) is 19.0 Å². The number of carbonyl (C=O) groups is 2. The zero-order valence-electron chi connectivity index (χ0n) is 56.1. The minimum absolute atomic E-state index is 0.0263. The lowest BCUT2D eigenvalue weighted by Gasteiger charge is -2.30. The number of unbranched alkanes of at least 4 members (excludes halogenated alkanes) is 39. The van der Waals surface area contributed by atoms with Crippen LogP contribution in [0.2, 0.25) is 0 Å². The van der Waals surface area contributed by atoms with Crippen LogP contribution in [0.4, 0.5) is 0 Å². The molecule has 0 bridgehead atoms. The average molecular weight is 1200 g/mol. The summed E-state index contributed by atoms with van der Waals surface area (Å²) in [6.45, 7) is 6.76. The third-order valence-electron chi connectivity index (χ3n) is 15.9. The van der Waals surface area contributed by atoms with E-state index in [-0.39, 0.29) is 24.9 Å². The Labute approximate surface area is 521 Å². The number of rotatable bonds is 65. The number of hydrogen-bond donors (Lipinski definition) is 1. The van der Waals surface area contributed by atoms with Crippen molar-refractivity contribution in [2.75, 3.05) is 40.9 Å². The van der Waals surface area contributed by atoms with E-state index in [1.54, 1.807) is 0 Å². The van der Waals surface area contributed by atoms with Gasteiger partial charge in [-0.1, -0.05) is 319 Å². The molecule has 0 radical (unpaired) electrons. The van der Waals surface area contributed by atoms with Crippen molar-refractivity contribution in [2.45, 2.75) is 348 Å². The Balaban J connectivity index is 5.07. The van der Waals surface area contributed by atoms with Crippen LogP contribution in [0.15, 0.2) is 72.9 Å². The number of allylic oxidation sites excluding steroid dienone is 11. The molecule has 0 heterocycles. The van der Waals surface area contributed by atoms with Crippen LogP contribution >= 0.6 is 7.82 Å². The van der Waals surface area contributed by atoms with Crippen LogP contribution in [-0.2, 0) is 27.9 Å². The standard InChI is InChI=1S/C74H137N2O7P/c1-7-10-13-16-19-22-25-28-30-32-34-36-37-38-39-41-42-44-46-48-51-54-57-60-63-66-73(77)75-71(70-82-84(79,80)81-69-68-76(4,5)6)72(65-62-59-56-53-50-27-24-21-18-15-12-9-3)83-74(78)67-64-61-58-55-52-49-47-45-43-40-35-33-31-29-26-23-20-17-14-11-8-2/h11,14,20,23,29,31,35,40,45,47,62,65,71-72H,7-10,12-13,15-19,21-22,24-28,30,32-34,36-39,41-44,46,48-61,63-64,66-70H2,1-6H3,(H-,75,77,79,80)/b14-11-,23-20-,31-29-,40-35-,47-45-,65-62+. The molecular formula is C74H137N2O7P. The zero-order chi connectivity index (χ0) is 61.4. The molecule has 1 N–H and O–H groups in total. The van der Waals surface area contributed by atoms with Crippen LogP contribution in [0.5, 0.6) is 0 Å². The SMILES string of the molecule is CC/C=C\C/C=C\C/C=C\C/C=C\C/C=C\CCCCCCCC(=O)OC(/C=C/CCCCCCCCCCCC)C(COP(=O)([O-])OCC[N+](C)(C)C)NC(=O)CCCCCCCCCCCCCCCCCCCCCCCCCCC. The molecule has 0 aliphatic rings. The molecule has 0 aromatic rings. The van der Waals surface area contributed by atoms with Crippen molar-refractivity contribution >= 4 is 19.7 Å². The summed E-state index contributed by atoms with van der Waals surface area (Å²) in [4.78, 5) is 40.2. The summed E-state index contributed by atoms with van der Waals surface area (Å²) in [6, 6.07) is -0.898. The maximum Gasteiger partial charge on any atom is 0.306 e. The van der Waals surface area contributed by atoms with Gasteiger partial charge >= 0.3 is 5.97 Å². The van der Waals surface area contributed by atoms with E-state index in [4.69, 9.17) is 13.8 Å². The van der Waals surface area contributed by atoms with Gasteiger partial charge in [0, 0.05) is 12.8 Å². The summed E-state index contributed by atoms with van der Waals surface area (Å²) >= 11 is 0. The predicted molar refractivity (Wildman–Crippen MR) is 362 cm³/mol. The maximum absolute atomic E-state index is 13.6. The van der Waals surface area contributed by atoms with Gasteiger partial charge in [0.1, 0.15) is 19.3 Å². The molecule has 0 rings (SSSR count). The van der Waals surface area contributed by atoms with Crippen molar-refractivity contribution in [1.82, 2.24) is 5.32 Å². The van der Waals surface area contributed by atoms with Crippen molar-refractivity contribution < 1.29 is 37.3 Å². The van der Waals surface area contributed by atoms with Gasteiger partial charge in [0.05, 0.1) is 33.8 Å². The lowest BCUT2D eigenvalue weighted by Crippen LogP contribution is -2.47. The van der Waals surface area contributed by atoms with E-state index in [2.05, 4.69) is 86.8 Å². The molecule has 0 aromatic heterocycles. The summed E-state index contributed by atoms with van der Waals surface area (Å²) in [5.74, 6) is -0.551. The van der Waals surface area contributed by atoms with Crippen LogP contribution in [-0.4, -0.2) is 69.4 Å². The number of amides is 1. The normalized spacial score (nSPS) is 13.9. The van der Waals surface area contributed by atoms with Crippen molar-refractivity contribution in [3.63, 3.8) is 0 Å². The first-order valence-corrected chi connectivity index (χ1v) is 37.2. The molecule has 490 valence electrons. The number of carbonyl (C=O) groups excluding carboxylic acids is 2. The first kappa shape index (κ1) is 81.5. The number of phosphoric acid groups is 1. The van der Waals surface area contributed by atoms with Crippen LogP contribution in [0.1, 0.15) is 335 Å². The lowest BCUT2D eigenvalue weighted by atomic mass is 10.0. The Morgan fingerprint density at radius 3 is 1.14 bits per heavy atom. The molecule has 0 aliphatic heterocycles. The van der Waals surface area contributed by atoms with Crippen LogP contribution in [0.25, 0.3) is 0 Å². The highest BCUT2D eigenvalue weighted by atomic mass is 31.2. The zero-order valence-corrected chi connectivity index (χ0v) is 57.0. The molecule has 0 aromatic carbocycles. The minimum Gasteiger partial charge on any atom is -0.756 e. The molecule has 0 aliphatic carbocycles. The largest absolute Gasteiger partial charge is 0.756 e. The van der Waals surface area contributed by atoms with Crippen LogP contribution < -0.4 is 10.2 Å². The molecule has 0 saturated carbocycles. The number of nitrogens with one attached hydrogen (secondary N) is 1. The summed E-state index contributed by atoms with van der Waals surface area (Å²) in [6.07, 6.45) is 83.2. The monoisotopic (exact) mass is 1200 g/mol. The van der Waals surface area contributed by atoms with Gasteiger partial charge in [0.25, 0.3) is 7.82 Å².